The smallest absolute Gasteiger partial charge is 0.336 e. The summed E-state index contributed by atoms with van der Waals surface area (Å²) >= 11 is 1.75. The highest BCUT2D eigenvalue weighted by atomic mass is 32.1. The molecule has 0 amide bonds. The van der Waals surface area contributed by atoms with Crippen LogP contribution in [0.3, 0.4) is 0 Å². The maximum Gasteiger partial charge on any atom is 0.336 e. The molecule has 2 aromatic heterocycles. The molecule has 4 nitrogen and oxygen atoms in total. The molecule has 0 bridgehead atoms. The molecule has 4 aromatic rings. The minimum atomic E-state index is -0.341. The van der Waals surface area contributed by atoms with Crippen molar-refractivity contribution < 1.29 is 14.5 Å². The molecule has 0 fully saturated rings. The van der Waals surface area contributed by atoms with E-state index >= 15 is 0 Å². The first-order valence-corrected chi connectivity index (χ1v) is 10.1. The first kappa shape index (κ1) is 18.5. The van der Waals surface area contributed by atoms with Crippen molar-refractivity contribution >= 4 is 22.3 Å². The highest BCUT2D eigenvalue weighted by Crippen LogP contribution is 2.25. The number of benzene rings is 2. The Hall–Kier alpha value is -2.89. The van der Waals surface area contributed by atoms with Crippen LogP contribution >= 0.6 is 11.3 Å². The Morgan fingerprint density at radius 2 is 1.93 bits per heavy atom. The van der Waals surface area contributed by atoms with Crippen molar-refractivity contribution in [1.82, 2.24) is 0 Å². The van der Waals surface area contributed by atoms with Gasteiger partial charge < -0.3 is 14.5 Å². The van der Waals surface area contributed by atoms with Crippen LogP contribution in [0.1, 0.15) is 27.6 Å². The van der Waals surface area contributed by atoms with Gasteiger partial charge >= 0.3 is 5.63 Å². The van der Waals surface area contributed by atoms with E-state index in [2.05, 4.69) is 54.0 Å². The van der Waals surface area contributed by atoms with Crippen molar-refractivity contribution in [3.05, 3.63) is 98.0 Å². The van der Waals surface area contributed by atoms with Crippen LogP contribution in [-0.2, 0) is 6.54 Å². The molecule has 0 spiro atoms. The lowest BCUT2D eigenvalue weighted by atomic mass is 10.0. The van der Waals surface area contributed by atoms with Gasteiger partial charge in [0.2, 0.25) is 0 Å². The van der Waals surface area contributed by atoms with Crippen molar-refractivity contribution in [2.24, 2.45) is 0 Å². The quantitative estimate of drug-likeness (QED) is 0.504. The second-order valence-corrected chi connectivity index (χ2v) is 7.78. The lowest BCUT2D eigenvalue weighted by Gasteiger charge is -2.16. The first-order chi connectivity index (χ1) is 13.6. The van der Waals surface area contributed by atoms with E-state index < -0.39 is 0 Å². The van der Waals surface area contributed by atoms with Crippen molar-refractivity contribution in [3.8, 4) is 5.75 Å². The second-order valence-electron chi connectivity index (χ2n) is 6.80. The zero-order valence-electron chi connectivity index (χ0n) is 15.8. The normalized spacial score (nSPS) is 12.2. The van der Waals surface area contributed by atoms with E-state index in [1.54, 1.807) is 30.6 Å². The molecular weight excluding hydrogens is 370 g/mol. The number of nitrogens with two attached hydrogens (primary N) is 1. The van der Waals surface area contributed by atoms with Gasteiger partial charge in [-0.25, -0.2) is 4.79 Å². The van der Waals surface area contributed by atoms with Gasteiger partial charge in [-0.1, -0.05) is 35.9 Å². The van der Waals surface area contributed by atoms with Crippen molar-refractivity contribution in [1.29, 1.82) is 0 Å². The summed E-state index contributed by atoms with van der Waals surface area (Å²) in [5.74, 6) is 0.674. The number of hydrogen-bond donors (Lipinski definition) is 1. The summed E-state index contributed by atoms with van der Waals surface area (Å²) in [5, 5.41) is 5.31. The topological polar surface area (TPSA) is 56.0 Å². The van der Waals surface area contributed by atoms with Crippen LogP contribution in [0.15, 0.2) is 75.3 Å². The second kappa shape index (κ2) is 8.00. The Morgan fingerprint density at radius 3 is 2.64 bits per heavy atom. The summed E-state index contributed by atoms with van der Waals surface area (Å²) in [4.78, 5) is 13.4. The fraction of sp³-hybridized carbons (Fsp3) is 0.174. The minimum absolute atomic E-state index is 0.182. The molecule has 0 aliphatic carbocycles. The van der Waals surface area contributed by atoms with Crippen molar-refractivity contribution in [2.75, 3.05) is 7.11 Å². The highest BCUT2D eigenvalue weighted by Gasteiger charge is 2.19. The van der Waals surface area contributed by atoms with E-state index in [0.717, 1.165) is 10.9 Å². The number of rotatable bonds is 6. The van der Waals surface area contributed by atoms with Gasteiger partial charge in [0.1, 0.15) is 23.9 Å². The van der Waals surface area contributed by atoms with E-state index in [1.165, 1.54) is 16.0 Å². The summed E-state index contributed by atoms with van der Waals surface area (Å²) in [5.41, 5.74) is 3.67. The van der Waals surface area contributed by atoms with E-state index in [0.29, 0.717) is 17.9 Å². The molecule has 28 heavy (non-hydrogen) atoms. The van der Waals surface area contributed by atoms with Crippen LogP contribution in [0.5, 0.6) is 5.75 Å². The predicted octanol–water partition coefficient (Wildman–Crippen LogP) is 4.02. The molecule has 0 aliphatic heterocycles. The standard InChI is InChI=1S/C23H21NO3S/c1-15-5-7-16(8-6-15)23(21-4-3-11-28-21)24-14-17-12-22(25)27-20-13-18(26-2)9-10-19(17)20/h3-13,23-24H,14H2,1-2H3/p+1/t23-/m0/s1. The third-order valence-corrected chi connectivity index (χ3v) is 5.85. The Kier molecular flexibility index (Phi) is 5.28. The molecule has 2 aromatic carbocycles. The Labute approximate surface area is 167 Å². The van der Waals surface area contributed by atoms with Gasteiger partial charge in [-0.2, -0.15) is 0 Å². The minimum Gasteiger partial charge on any atom is -0.497 e. The zero-order chi connectivity index (χ0) is 19.5. The molecule has 0 aliphatic rings. The Bertz CT molecular complexity index is 1130. The lowest BCUT2D eigenvalue weighted by molar-refractivity contribution is -0.701. The fourth-order valence-electron chi connectivity index (χ4n) is 3.41. The summed E-state index contributed by atoms with van der Waals surface area (Å²) in [6.07, 6.45) is 0. The van der Waals surface area contributed by atoms with Crippen LogP contribution in [0.4, 0.5) is 0 Å². The number of aryl methyl sites for hydroxylation is 1. The Morgan fingerprint density at radius 1 is 1.11 bits per heavy atom. The number of fused-ring (bicyclic) bond motifs is 1. The first-order valence-electron chi connectivity index (χ1n) is 9.18. The summed E-state index contributed by atoms with van der Waals surface area (Å²) in [6, 6.07) is 20.3. The average Bonchev–Trinajstić information content (AvgIpc) is 3.23. The SMILES string of the molecule is COc1ccc2c(C[NH2+][C@@H](c3ccc(C)cc3)c3cccs3)cc(=O)oc2c1. The molecule has 5 heteroatoms. The monoisotopic (exact) mass is 392 g/mol. The van der Waals surface area contributed by atoms with Crippen LogP contribution < -0.4 is 15.7 Å². The van der Waals surface area contributed by atoms with Crippen LogP contribution in [0, 0.1) is 6.92 Å². The molecule has 142 valence electrons. The number of hydrogen-bond acceptors (Lipinski definition) is 4. The number of thiophene rings is 1. The fourth-order valence-corrected chi connectivity index (χ4v) is 4.26. The molecule has 2 heterocycles. The summed E-state index contributed by atoms with van der Waals surface area (Å²) in [7, 11) is 1.60. The molecule has 0 saturated heterocycles. The number of methoxy groups -OCH3 is 1. The molecule has 2 N–H and O–H groups in total. The summed E-state index contributed by atoms with van der Waals surface area (Å²) in [6.45, 7) is 2.77. The average molecular weight is 393 g/mol. The van der Waals surface area contributed by atoms with Gasteiger partial charge in [-0.15, -0.1) is 11.3 Å². The van der Waals surface area contributed by atoms with Gasteiger partial charge in [0.25, 0.3) is 0 Å². The molecule has 4 rings (SSSR count). The van der Waals surface area contributed by atoms with E-state index in [4.69, 9.17) is 9.15 Å². The lowest BCUT2D eigenvalue weighted by Crippen LogP contribution is -2.83. The summed E-state index contributed by atoms with van der Waals surface area (Å²) < 4.78 is 10.6. The number of ether oxygens (including phenoxy) is 1. The van der Waals surface area contributed by atoms with Crippen LogP contribution in [0.2, 0.25) is 0 Å². The van der Waals surface area contributed by atoms with Crippen LogP contribution in [-0.4, -0.2) is 7.11 Å². The molecular formula is C23H22NO3S+. The molecule has 0 saturated carbocycles. The third-order valence-electron chi connectivity index (χ3n) is 4.90. The van der Waals surface area contributed by atoms with Crippen molar-refractivity contribution in [3.63, 3.8) is 0 Å². The molecule has 0 unspecified atom stereocenters. The van der Waals surface area contributed by atoms with E-state index in [-0.39, 0.29) is 11.7 Å². The highest BCUT2D eigenvalue weighted by molar-refractivity contribution is 7.10. The van der Waals surface area contributed by atoms with E-state index in [1.807, 2.05) is 12.1 Å². The maximum atomic E-state index is 12.1. The van der Waals surface area contributed by atoms with Gasteiger partial charge in [0.05, 0.1) is 12.0 Å². The largest absolute Gasteiger partial charge is 0.497 e. The molecule has 1 atom stereocenters. The van der Waals surface area contributed by atoms with Crippen molar-refractivity contribution in [2.45, 2.75) is 19.5 Å². The molecule has 0 radical (unpaired) electrons. The van der Waals surface area contributed by atoms with Gasteiger partial charge in [0.15, 0.2) is 0 Å². The van der Waals surface area contributed by atoms with Gasteiger partial charge in [0, 0.05) is 28.6 Å². The zero-order valence-corrected chi connectivity index (χ0v) is 16.7. The van der Waals surface area contributed by atoms with Gasteiger partial charge in [-0.3, -0.25) is 0 Å². The van der Waals surface area contributed by atoms with Gasteiger partial charge in [-0.05, 0) is 30.5 Å². The maximum absolute atomic E-state index is 12.1. The Balaban J connectivity index is 1.67. The van der Waals surface area contributed by atoms with Crippen LogP contribution in [0.25, 0.3) is 11.0 Å². The number of quaternary nitrogens is 1. The van der Waals surface area contributed by atoms with E-state index in [9.17, 15) is 4.79 Å². The third kappa shape index (κ3) is 3.86. The predicted molar refractivity (Wildman–Crippen MR) is 112 cm³/mol.